The van der Waals surface area contributed by atoms with Gasteiger partial charge in [-0.2, -0.15) is 0 Å². The molecule has 0 saturated heterocycles. The molecule has 0 amide bonds. The van der Waals surface area contributed by atoms with Gasteiger partial charge in [0, 0.05) is 10.3 Å². The van der Waals surface area contributed by atoms with Crippen LogP contribution >= 0.6 is 11.3 Å². The van der Waals surface area contributed by atoms with Crippen molar-refractivity contribution in [2.75, 3.05) is 7.11 Å². The number of aliphatic hydroxyl groups excluding tert-OH is 1. The molecule has 0 aliphatic carbocycles. The van der Waals surface area contributed by atoms with E-state index in [-0.39, 0.29) is 6.10 Å². The van der Waals surface area contributed by atoms with Gasteiger partial charge in [0.15, 0.2) is 0 Å². The summed E-state index contributed by atoms with van der Waals surface area (Å²) in [5, 5.41) is 12.0. The van der Waals surface area contributed by atoms with Crippen molar-refractivity contribution in [2.45, 2.75) is 25.4 Å². The van der Waals surface area contributed by atoms with Crippen molar-refractivity contribution in [3.63, 3.8) is 0 Å². The molecule has 2 rings (SSSR count). The van der Waals surface area contributed by atoms with Gasteiger partial charge in [-0.1, -0.05) is 30.3 Å². The normalized spacial score (nSPS) is 12.3. The Morgan fingerprint density at radius 2 is 2.06 bits per heavy atom. The molecule has 18 heavy (non-hydrogen) atoms. The van der Waals surface area contributed by atoms with Crippen molar-refractivity contribution >= 4 is 11.3 Å². The number of thiophene rings is 1. The molecule has 2 aromatic rings. The number of hydrogen-bond donors (Lipinski definition) is 1. The van der Waals surface area contributed by atoms with E-state index in [1.165, 1.54) is 5.56 Å². The third-order valence-corrected chi connectivity index (χ3v) is 3.96. The zero-order chi connectivity index (χ0) is 12.8. The summed E-state index contributed by atoms with van der Waals surface area (Å²) in [4.78, 5) is 0.986. The Hall–Kier alpha value is -1.32. The number of ether oxygens (including phenoxy) is 1. The number of rotatable bonds is 6. The van der Waals surface area contributed by atoms with Crippen LogP contribution in [0.1, 0.15) is 29.4 Å². The van der Waals surface area contributed by atoms with Crippen molar-refractivity contribution < 1.29 is 9.84 Å². The molecular weight excluding hydrogens is 244 g/mol. The molecule has 1 N–H and O–H groups in total. The van der Waals surface area contributed by atoms with Crippen molar-refractivity contribution in [3.8, 4) is 5.75 Å². The Kier molecular flexibility index (Phi) is 4.79. The van der Waals surface area contributed by atoms with Crippen LogP contribution in [0.4, 0.5) is 0 Å². The molecule has 0 aliphatic heterocycles. The van der Waals surface area contributed by atoms with E-state index >= 15 is 0 Å². The molecule has 1 aromatic carbocycles. The molecule has 3 heteroatoms. The molecule has 0 bridgehead atoms. The molecule has 0 aliphatic rings. The van der Waals surface area contributed by atoms with Gasteiger partial charge in [0.05, 0.1) is 13.2 Å². The first kappa shape index (κ1) is 13.1. The fraction of sp³-hybridized carbons (Fsp3) is 0.333. The predicted octanol–water partition coefficient (Wildman–Crippen LogP) is 3.81. The summed E-state index contributed by atoms with van der Waals surface area (Å²) in [5.41, 5.74) is 1.33. The minimum Gasteiger partial charge on any atom is -0.496 e. The SMILES string of the molecule is COc1csc(C(O)CCCc2ccccc2)c1. The van der Waals surface area contributed by atoms with Crippen LogP contribution in [-0.2, 0) is 6.42 Å². The molecule has 96 valence electrons. The van der Waals surface area contributed by atoms with Crippen molar-refractivity contribution in [1.29, 1.82) is 0 Å². The van der Waals surface area contributed by atoms with E-state index < -0.39 is 0 Å². The lowest BCUT2D eigenvalue weighted by molar-refractivity contribution is 0.168. The highest BCUT2D eigenvalue weighted by Crippen LogP contribution is 2.29. The summed E-state index contributed by atoms with van der Waals surface area (Å²) < 4.78 is 5.12. The number of methoxy groups -OCH3 is 1. The van der Waals surface area contributed by atoms with Gasteiger partial charge in [-0.15, -0.1) is 11.3 Å². The van der Waals surface area contributed by atoms with Gasteiger partial charge in [0.2, 0.25) is 0 Å². The minimum atomic E-state index is -0.373. The van der Waals surface area contributed by atoms with Crippen LogP contribution in [0.5, 0.6) is 5.75 Å². The third kappa shape index (κ3) is 3.59. The highest BCUT2D eigenvalue weighted by atomic mass is 32.1. The van der Waals surface area contributed by atoms with Gasteiger partial charge in [-0.25, -0.2) is 0 Å². The average Bonchev–Trinajstić information content (AvgIpc) is 2.89. The van der Waals surface area contributed by atoms with Crippen LogP contribution in [-0.4, -0.2) is 12.2 Å². The molecular formula is C15H18O2S. The maximum absolute atomic E-state index is 10.1. The fourth-order valence-electron chi connectivity index (χ4n) is 1.90. The lowest BCUT2D eigenvalue weighted by Gasteiger charge is -2.08. The Morgan fingerprint density at radius 3 is 2.72 bits per heavy atom. The van der Waals surface area contributed by atoms with Crippen LogP contribution < -0.4 is 4.74 Å². The van der Waals surface area contributed by atoms with Gasteiger partial charge in [0.25, 0.3) is 0 Å². The van der Waals surface area contributed by atoms with E-state index in [4.69, 9.17) is 4.74 Å². The van der Waals surface area contributed by atoms with Crippen molar-refractivity contribution in [3.05, 3.63) is 52.2 Å². The standard InChI is InChI=1S/C15H18O2S/c1-17-13-10-15(18-11-13)14(16)9-5-8-12-6-3-2-4-7-12/h2-4,6-7,10-11,14,16H,5,8-9H2,1H3. The maximum atomic E-state index is 10.1. The molecule has 1 unspecified atom stereocenters. The molecule has 0 radical (unpaired) electrons. The van der Waals surface area contributed by atoms with Crippen LogP contribution in [0.25, 0.3) is 0 Å². The Balaban J connectivity index is 1.79. The highest BCUT2D eigenvalue weighted by molar-refractivity contribution is 7.10. The lowest BCUT2D eigenvalue weighted by Crippen LogP contribution is -1.96. The van der Waals surface area contributed by atoms with Gasteiger partial charge in [-0.05, 0) is 30.9 Å². The summed E-state index contributed by atoms with van der Waals surface area (Å²) in [5.74, 6) is 0.831. The first-order chi connectivity index (χ1) is 8.79. The summed E-state index contributed by atoms with van der Waals surface area (Å²) in [7, 11) is 1.65. The predicted molar refractivity (Wildman–Crippen MR) is 75.2 cm³/mol. The molecule has 2 nitrogen and oxygen atoms in total. The summed E-state index contributed by atoms with van der Waals surface area (Å²) in [6, 6.07) is 12.3. The zero-order valence-corrected chi connectivity index (χ0v) is 11.3. The van der Waals surface area contributed by atoms with Crippen LogP contribution in [0.2, 0.25) is 0 Å². The van der Waals surface area contributed by atoms with E-state index in [2.05, 4.69) is 24.3 Å². The van der Waals surface area contributed by atoms with Crippen LogP contribution in [0, 0.1) is 0 Å². The van der Waals surface area contributed by atoms with E-state index in [9.17, 15) is 5.11 Å². The van der Waals surface area contributed by atoms with E-state index in [0.29, 0.717) is 0 Å². The topological polar surface area (TPSA) is 29.5 Å². The second-order valence-corrected chi connectivity index (χ2v) is 5.23. The Labute approximate surface area is 112 Å². The number of hydrogen-bond acceptors (Lipinski definition) is 3. The molecule has 1 heterocycles. The van der Waals surface area contributed by atoms with Crippen LogP contribution in [0.3, 0.4) is 0 Å². The first-order valence-electron chi connectivity index (χ1n) is 6.14. The quantitative estimate of drug-likeness (QED) is 0.857. The summed E-state index contributed by atoms with van der Waals surface area (Å²) in [6.45, 7) is 0. The second kappa shape index (κ2) is 6.57. The van der Waals surface area contributed by atoms with Gasteiger partial charge >= 0.3 is 0 Å². The second-order valence-electron chi connectivity index (χ2n) is 4.28. The fourth-order valence-corrected chi connectivity index (χ4v) is 2.78. The van der Waals surface area contributed by atoms with Gasteiger partial charge < -0.3 is 9.84 Å². The minimum absolute atomic E-state index is 0.373. The molecule has 0 spiro atoms. The van der Waals surface area contributed by atoms with Gasteiger partial charge in [-0.3, -0.25) is 0 Å². The first-order valence-corrected chi connectivity index (χ1v) is 7.02. The van der Waals surface area contributed by atoms with E-state index in [1.807, 2.05) is 17.5 Å². The molecule has 1 atom stereocenters. The Bertz CT molecular complexity index is 464. The largest absolute Gasteiger partial charge is 0.496 e. The molecule has 0 fully saturated rings. The van der Waals surface area contributed by atoms with E-state index in [0.717, 1.165) is 29.9 Å². The summed E-state index contributed by atoms with van der Waals surface area (Å²) >= 11 is 1.55. The van der Waals surface area contributed by atoms with E-state index in [1.54, 1.807) is 18.4 Å². The van der Waals surface area contributed by atoms with Crippen molar-refractivity contribution in [1.82, 2.24) is 0 Å². The zero-order valence-electron chi connectivity index (χ0n) is 10.5. The lowest BCUT2D eigenvalue weighted by atomic mass is 10.1. The number of aryl methyl sites for hydroxylation is 1. The molecule has 0 saturated carbocycles. The highest BCUT2D eigenvalue weighted by Gasteiger charge is 2.10. The monoisotopic (exact) mass is 262 g/mol. The van der Waals surface area contributed by atoms with Crippen LogP contribution in [0.15, 0.2) is 41.8 Å². The average molecular weight is 262 g/mol. The molecule has 1 aromatic heterocycles. The van der Waals surface area contributed by atoms with Crippen molar-refractivity contribution in [2.24, 2.45) is 0 Å². The van der Waals surface area contributed by atoms with Gasteiger partial charge in [0.1, 0.15) is 5.75 Å². The summed E-state index contributed by atoms with van der Waals surface area (Å²) in [6.07, 6.45) is 2.42. The number of aliphatic hydroxyl groups is 1. The third-order valence-electron chi connectivity index (χ3n) is 2.95. The number of benzene rings is 1. The Morgan fingerprint density at radius 1 is 1.28 bits per heavy atom. The maximum Gasteiger partial charge on any atom is 0.129 e. The smallest absolute Gasteiger partial charge is 0.129 e.